The molecule has 11 rings (SSSR count). The van der Waals surface area contributed by atoms with Gasteiger partial charge in [0.05, 0.1) is 5.41 Å². The molecule has 0 amide bonds. The number of rotatable bonds is 7. The molecule has 1 aliphatic rings. The first kappa shape index (κ1) is 34.5. The zero-order valence-corrected chi connectivity index (χ0v) is 32.2. The first-order valence-corrected chi connectivity index (χ1v) is 20.1. The van der Waals surface area contributed by atoms with Crippen molar-refractivity contribution in [3.05, 3.63) is 247 Å². The third kappa shape index (κ3) is 5.78. The van der Waals surface area contributed by atoms with Gasteiger partial charge in [0.25, 0.3) is 0 Å². The molecule has 59 heavy (non-hydrogen) atoms. The van der Waals surface area contributed by atoms with E-state index in [-0.39, 0.29) is 0 Å². The standard InChI is InChI=1S/C56H37N3/c1-5-18-38(19-6-1)40-22-15-23-42(36-40)54-57-53(39-20-7-2-8-21-39)58-55(59-54)50-32-17-30-46-45(29-16-31-47(46)50)41-34-35-49-48-28-13-14-33-51(48)56(52(49)37-41,43-24-9-3-10-25-43)44-26-11-4-12-27-44/h1-37H. The molecule has 0 saturated carbocycles. The summed E-state index contributed by atoms with van der Waals surface area (Å²) in [6, 6.07) is 80.1. The van der Waals surface area contributed by atoms with E-state index >= 15 is 0 Å². The Morgan fingerprint density at radius 1 is 0.254 bits per heavy atom. The summed E-state index contributed by atoms with van der Waals surface area (Å²) in [7, 11) is 0. The highest BCUT2D eigenvalue weighted by Crippen LogP contribution is 2.56. The number of nitrogens with zero attached hydrogens (tertiary/aromatic N) is 3. The number of hydrogen-bond acceptors (Lipinski definition) is 3. The number of fused-ring (bicyclic) bond motifs is 4. The van der Waals surface area contributed by atoms with Gasteiger partial charge in [0, 0.05) is 16.7 Å². The summed E-state index contributed by atoms with van der Waals surface area (Å²) in [5, 5.41) is 2.22. The van der Waals surface area contributed by atoms with Crippen molar-refractivity contribution < 1.29 is 0 Å². The van der Waals surface area contributed by atoms with Gasteiger partial charge in [-0.2, -0.15) is 0 Å². The largest absolute Gasteiger partial charge is 0.208 e. The molecule has 1 aliphatic carbocycles. The Bertz CT molecular complexity index is 3100. The van der Waals surface area contributed by atoms with E-state index in [1.165, 1.54) is 33.4 Å². The Kier molecular flexibility index (Phi) is 8.37. The maximum atomic E-state index is 5.22. The first-order chi connectivity index (χ1) is 29.3. The van der Waals surface area contributed by atoms with E-state index in [0.717, 1.165) is 49.7 Å². The van der Waals surface area contributed by atoms with Gasteiger partial charge in [-0.1, -0.05) is 212 Å². The third-order valence-corrected chi connectivity index (χ3v) is 11.8. The van der Waals surface area contributed by atoms with Crippen LogP contribution in [0.5, 0.6) is 0 Å². The predicted molar refractivity (Wildman–Crippen MR) is 242 cm³/mol. The topological polar surface area (TPSA) is 38.7 Å². The van der Waals surface area contributed by atoms with E-state index in [1.54, 1.807) is 0 Å². The lowest BCUT2D eigenvalue weighted by atomic mass is 9.67. The fraction of sp³-hybridized carbons (Fsp3) is 0.0179. The van der Waals surface area contributed by atoms with Crippen LogP contribution in [0, 0.1) is 0 Å². The molecule has 3 heteroatoms. The van der Waals surface area contributed by atoms with Crippen molar-refractivity contribution in [2.75, 3.05) is 0 Å². The molecular weight excluding hydrogens is 715 g/mol. The van der Waals surface area contributed by atoms with Crippen molar-refractivity contribution in [1.82, 2.24) is 15.0 Å². The van der Waals surface area contributed by atoms with Gasteiger partial charge in [-0.25, -0.2) is 15.0 Å². The van der Waals surface area contributed by atoms with Crippen LogP contribution >= 0.6 is 0 Å². The SMILES string of the molecule is c1ccc(-c2cccc(-c3nc(-c4ccccc4)nc(-c4cccc5c(-c6ccc7c(c6)C(c6ccccc6)(c6ccccc6)c6ccccc6-7)cccc45)n3)c2)cc1. The second-order valence-corrected chi connectivity index (χ2v) is 15.1. The van der Waals surface area contributed by atoms with Crippen molar-refractivity contribution in [2.24, 2.45) is 0 Å². The van der Waals surface area contributed by atoms with Gasteiger partial charge in [0.2, 0.25) is 0 Å². The van der Waals surface area contributed by atoms with Gasteiger partial charge < -0.3 is 0 Å². The summed E-state index contributed by atoms with van der Waals surface area (Å²) in [5.74, 6) is 1.91. The molecule has 3 nitrogen and oxygen atoms in total. The highest BCUT2D eigenvalue weighted by atomic mass is 15.0. The van der Waals surface area contributed by atoms with Crippen LogP contribution in [-0.4, -0.2) is 15.0 Å². The van der Waals surface area contributed by atoms with Crippen molar-refractivity contribution >= 4 is 10.8 Å². The zero-order chi connectivity index (χ0) is 39.2. The summed E-state index contributed by atoms with van der Waals surface area (Å²) >= 11 is 0. The fourth-order valence-electron chi connectivity index (χ4n) is 9.18. The van der Waals surface area contributed by atoms with Gasteiger partial charge in [0.1, 0.15) is 0 Å². The minimum Gasteiger partial charge on any atom is -0.208 e. The van der Waals surface area contributed by atoms with E-state index in [9.17, 15) is 0 Å². The minimum atomic E-state index is -0.479. The summed E-state index contributed by atoms with van der Waals surface area (Å²) in [6.07, 6.45) is 0. The molecule has 0 radical (unpaired) electrons. The van der Waals surface area contributed by atoms with Crippen molar-refractivity contribution in [3.8, 4) is 67.5 Å². The quantitative estimate of drug-likeness (QED) is 0.163. The van der Waals surface area contributed by atoms with Crippen molar-refractivity contribution in [3.63, 3.8) is 0 Å². The lowest BCUT2D eigenvalue weighted by Gasteiger charge is -2.34. The molecule has 1 heterocycles. The second-order valence-electron chi connectivity index (χ2n) is 15.1. The summed E-state index contributed by atoms with van der Waals surface area (Å²) < 4.78 is 0. The summed E-state index contributed by atoms with van der Waals surface area (Å²) in [5.41, 5.74) is 14.6. The van der Waals surface area contributed by atoms with Crippen LogP contribution in [0.15, 0.2) is 224 Å². The Balaban J connectivity index is 1.10. The van der Waals surface area contributed by atoms with Crippen molar-refractivity contribution in [2.45, 2.75) is 5.41 Å². The van der Waals surface area contributed by atoms with E-state index < -0.39 is 5.41 Å². The van der Waals surface area contributed by atoms with Crippen LogP contribution in [0.4, 0.5) is 0 Å². The van der Waals surface area contributed by atoms with Gasteiger partial charge >= 0.3 is 0 Å². The minimum absolute atomic E-state index is 0.479. The van der Waals surface area contributed by atoms with E-state index in [4.69, 9.17) is 15.0 Å². The molecule has 276 valence electrons. The Morgan fingerprint density at radius 2 is 0.729 bits per heavy atom. The highest BCUT2D eigenvalue weighted by Gasteiger charge is 2.46. The summed E-state index contributed by atoms with van der Waals surface area (Å²) in [4.78, 5) is 15.5. The maximum absolute atomic E-state index is 5.22. The number of aromatic nitrogens is 3. The molecule has 0 unspecified atom stereocenters. The molecule has 0 fully saturated rings. The van der Waals surface area contributed by atoms with Gasteiger partial charge in [-0.3, -0.25) is 0 Å². The monoisotopic (exact) mass is 751 g/mol. The average molecular weight is 752 g/mol. The van der Waals surface area contributed by atoms with Crippen molar-refractivity contribution in [1.29, 1.82) is 0 Å². The third-order valence-electron chi connectivity index (χ3n) is 11.8. The molecule has 9 aromatic carbocycles. The molecular formula is C56H37N3. The lowest BCUT2D eigenvalue weighted by Crippen LogP contribution is -2.28. The maximum Gasteiger partial charge on any atom is 0.164 e. The number of hydrogen-bond donors (Lipinski definition) is 0. The zero-order valence-electron chi connectivity index (χ0n) is 32.2. The highest BCUT2D eigenvalue weighted by molar-refractivity contribution is 6.04. The van der Waals surface area contributed by atoms with E-state index in [1.807, 2.05) is 24.3 Å². The average Bonchev–Trinajstić information content (AvgIpc) is 3.62. The van der Waals surface area contributed by atoms with Crippen LogP contribution < -0.4 is 0 Å². The molecule has 0 spiro atoms. The smallest absolute Gasteiger partial charge is 0.164 e. The van der Waals surface area contributed by atoms with Crippen LogP contribution in [0.25, 0.3) is 78.3 Å². The molecule has 1 aromatic heterocycles. The molecule has 0 atom stereocenters. The molecule has 0 N–H and O–H groups in total. The molecule has 0 saturated heterocycles. The van der Waals surface area contributed by atoms with Gasteiger partial charge in [-0.15, -0.1) is 0 Å². The Hall–Kier alpha value is -7.75. The van der Waals surface area contributed by atoms with Gasteiger partial charge in [0.15, 0.2) is 17.5 Å². The normalized spacial score (nSPS) is 12.5. The first-order valence-electron chi connectivity index (χ1n) is 20.1. The predicted octanol–water partition coefficient (Wildman–Crippen LogP) is 13.7. The fourth-order valence-corrected chi connectivity index (χ4v) is 9.18. The van der Waals surface area contributed by atoms with Crippen LogP contribution in [0.2, 0.25) is 0 Å². The van der Waals surface area contributed by atoms with Crippen LogP contribution in [0.1, 0.15) is 22.3 Å². The van der Waals surface area contributed by atoms with Crippen LogP contribution in [0.3, 0.4) is 0 Å². The Morgan fingerprint density at radius 3 is 1.42 bits per heavy atom. The lowest BCUT2D eigenvalue weighted by molar-refractivity contribution is 0.769. The van der Waals surface area contributed by atoms with Gasteiger partial charge in [-0.05, 0) is 78.5 Å². The second kappa shape index (κ2) is 14.3. The van der Waals surface area contributed by atoms with E-state index in [0.29, 0.717) is 17.5 Å². The molecule has 10 aromatic rings. The molecule has 0 aliphatic heterocycles. The number of benzene rings is 9. The Labute approximate surface area is 344 Å². The molecule has 0 bridgehead atoms. The summed E-state index contributed by atoms with van der Waals surface area (Å²) in [6.45, 7) is 0. The van der Waals surface area contributed by atoms with Crippen LogP contribution in [-0.2, 0) is 5.41 Å². The van der Waals surface area contributed by atoms with E-state index in [2.05, 4.69) is 200 Å².